The van der Waals surface area contributed by atoms with Crippen LogP contribution in [0.25, 0.3) is 0 Å². The standard InChI is InChI=1S/C35H33ClF8N4O6/c1-18(2)26(28(49)35(43,44)31(52)45-17-33(38,39)40)47-30(51)27(20-10-12-24(54-3)13-11-20)48-29(50)25(15-19-6-4-9-23(37)14-19)46-32(53)34(41,42)21-7-5-8-22(36)16-21/h4-14,16,18,25-27H,15,17H2,1-3H3,(H,45,52)(H,46,53)(H,47,51)(H,48,50). The fourth-order valence-electron chi connectivity index (χ4n) is 4.88. The average molecular weight is 793 g/mol. The van der Waals surface area contributed by atoms with E-state index in [9.17, 15) is 50.3 Å². The molecule has 4 N–H and O–H groups in total. The molecule has 3 unspecified atom stereocenters. The van der Waals surface area contributed by atoms with E-state index < -0.39 is 95.8 Å². The highest BCUT2D eigenvalue weighted by Crippen LogP contribution is 2.30. The van der Waals surface area contributed by atoms with Gasteiger partial charge in [0.25, 0.3) is 11.8 Å². The fraction of sp³-hybridized carbons (Fsp3) is 0.343. The number of methoxy groups -OCH3 is 1. The first-order valence-electron chi connectivity index (χ1n) is 15.8. The number of carbonyl (C=O) groups excluding carboxylic acids is 5. The average Bonchev–Trinajstić information content (AvgIpc) is 3.10. The van der Waals surface area contributed by atoms with Crippen molar-refractivity contribution in [2.24, 2.45) is 5.92 Å². The lowest BCUT2D eigenvalue weighted by molar-refractivity contribution is -0.165. The maximum atomic E-state index is 15.3. The third-order valence-corrected chi connectivity index (χ3v) is 7.95. The number of halogens is 9. The Morgan fingerprint density at radius 1 is 0.778 bits per heavy atom. The van der Waals surface area contributed by atoms with Crippen molar-refractivity contribution in [3.05, 3.63) is 100 Å². The summed E-state index contributed by atoms with van der Waals surface area (Å²) in [5.41, 5.74) is -0.920. The summed E-state index contributed by atoms with van der Waals surface area (Å²) in [4.78, 5) is 65.4. The molecule has 0 aromatic heterocycles. The summed E-state index contributed by atoms with van der Waals surface area (Å²) in [7, 11) is 1.30. The van der Waals surface area contributed by atoms with Crippen molar-refractivity contribution in [1.29, 1.82) is 0 Å². The van der Waals surface area contributed by atoms with E-state index in [0.29, 0.717) is 0 Å². The molecule has 0 aliphatic heterocycles. The summed E-state index contributed by atoms with van der Waals surface area (Å²) in [5, 5.41) is 6.88. The Morgan fingerprint density at radius 2 is 1.41 bits per heavy atom. The van der Waals surface area contributed by atoms with Gasteiger partial charge >= 0.3 is 18.0 Å². The highest BCUT2D eigenvalue weighted by Gasteiger charge is 2.52. The van der Waals surface area contributed by atoms with Gasteiger partial charge in [0, 0.05) is 17.0 Å². The monoisotopic (exact) mass is 792 g/mol. The van der Waals surface area contributed by atoms with Crippen LogP contribution in [0.3, 0.4) is 0 Å². The summed E-state index contributed by atoms with van der Waals surface area (Å²) in [6.07, 6.45) is -5.72. The molecule has 0 radical (unpaired) electrons. The van der Waals surface area contributed by atoms with Gasteiger partial charge in [-0.25, -0.2) is 4.39 Å². The molecule has 0 fully saturated rings. The minimum atomic E-state index is -5.10. The summed E-state index contributed by atoms with van der Waals surface area (Å²) in [6, 6.07) is 7.59. The Morgan fingerprint density at radius 3 is 1.96 bits per heavy atom. The first kappa shape index (κ1) is 43.1. The number of hydrogen-bond acceptors (Lipinski definition) is 6. The third kappa shape index (κ3) is 11.4. The zero-order chi connectivity index (χ0) is 40.6. The van der Waals surface area contributed by atoms with E-state index in [1.165, 1.54) is 49.6 Å². The number of Topliss-reactive ketones (excluding diaryl/α,β-unsaturated/α-hetero) is 1. The second-order valence-corrected chi connectivity index (χ2v) is 12.6. The molecule has 4 amide bonds. The lowest BCUT2D eigenvalue weighted by atomic mass is 9.94. The number of ether oxygens (including phenoxy) is 1. The van der Waals surface area contributed by atoms with Gasteiger partial charge in [0.05, 0.1) is 13.2 Å². The number of benzene rings is 3. The Labute approximate surface area is 307 Å². The smallest absolute Gasteiger partial charge is 0.405 e. The van der Waals surface area contributed by atoms with Crippen molar-refractivity contribution >= 4 is 41.0 Å². The van der Waals surface area contributed by atoms with Gasteiger partial charge in [0.2, 0.25) is 17.6 Å². The van der Waals surface area contributed by atoms with Gasteiger partial charge in [-0.05, 0) is 53.4 Å². The van der Waals surface area contributed by atoms with E-state index in [1.54, 1.807) is 0 Å². The summed E-state index contributed by atoms with van der Waals surface area (Å²) in [5.74, 6) is -20.7. The second-order valence-electron chi connectivity index (χ2n) is 12.1. The number of rotatable bonds is 16. The topological polar surface area (TPSA) is 143 Å². The van der Waals surface area contributed by atoms with Gasteiger partial charge in [0.1, 0.15) is 30.2 Å². The molecule has 3 rings (SSSR count). The predicted octanol–water partition coefficient (Wildman–Crippen LogP) is 5.19. The molecule has 0 heterocycles. The molecular weight excluding hydrogens is 760 g/mol. The number of nitrogens with one attached hydrogen (secondary N) is 4. The van der Waals surface area contributed by atoms with Crippen molar-refractivity contribution in [2.75, 3.05) is 13.7 Å². The van der Waals surface area contributed by atoms with Gasteiger partial charge in [-0.15, -0.1) is 0 Å². The molecule has 0 aliphatic carbocycles. The third-order valence-electron chi connectivity index (χ3n) is 7.71. The van der Waals surface area contributed by atoms with Crippen molar-refractivity contribution in [3.63, 3.8) is 0 Å². The molecule has 0 aliphatic rings. The molecule has 3 aromatic rings. The Hall–Kier alpha value is -5.26. The molecule has 0 saturated heterocycles. The first-order valence-corrected chi connectivity index (χ1v) is 16.2. The van der Waals surface area contributed by atoms with Crippen molar-refractivity contribution < 1.29 is 63.8 Å². The van der Waals surface area contributed by atoms with Crippen LogP contribution in [0.15, 0.2) is 72.8 Å². The zero-order valence-electron chi connectivity index (χ0n) is 28.5. The van der Waals surface area contributed by atoms with E-state index in [2.05, 4.69) is 5.32 Å². The molecule has 3 atom stereocenters. The number of hydrogen-bond donors (Lipinski definition) is 4. The molecule has 19 heteroatoms. The van der Waals surface area contributed by atoms with Gasteiger partial charge in [-0.3, -0.25) is 24.0 Å². The highest BCUT2D eigenvalue weighted by molar-refractivity contribution is 6.30. The Kier molecular flexibility index (Phi) is 14.2. The molecule has 0 spiro atoms. The van der Waals surface area contributed by atoms with E-state index >= 15 is 8.78 Å². The van der Waals surface area contributed by atoms with Crippen LogP contribution in [0.4, 0.5) is 35.1 Å². The molecule has 0 saturated carbocycles. The lowest BCUT2D eigenvalue weighted by Crippen LogP contribution is -2.59. The zero-order valence-corrected chi connectivity index (χ0v) is 29.3. The first-order chi connectivity index (χ1) is 25.1. The van der Waals surface area contributed by atoms with Crippen LogP contribution in [0.5, 0.6) is 5.75 Å². The summed E-state index contributed by atoms with van der Waals surface area (Å²) in [6.45, 7) is 0.146. The number of carbonyl (C=O) groups is 5. The van der Waals surface area contributed by atoms with Crippen LogP contribution in [0.2, 0.25) is 5.02 Å². The Balaban J connectivity index is 2.00. The van der Waals surface area contributed by atoms with Gasteiger partial charge in [-0.1, -0.05) is 61.8 Å². The van der Waals surface area contributed by atoms with Crippen LogP contribution >= 0.6 is 11.6 Å². The highest BCUT2D eigenvalue weighted by atomic mass is 35.5. The van der Waals surface area contributed by atoms with Crippen LogP contribution in [-0.2, 0) is 36.3 Å². The predicted molar refractivity (Wildman–Crippen MR) is 177 cm³/mol. The maximum Gasteiger partial charge on any atom is 0.405 e. The van der Waals surface area contributed by atoms with Crippen LogP contribution in [0.1, 0.15) is 36.6 Å². The molecular formula is C35H33ClF8N4O6. The van der Waals surface area contributed by atoms with Crippen molar-refractivity contribution in [3.8, 4) is 5.75 Å². The van der Waals surface area contributed by atoms with E-state index in [-0.39, 0.29) is 21.9 Å². The van der Waals surface area contributed by atoms with Crippen LogP contribution < -0.4 is 26.0 Å². The lowest BCUT2D eigenvalue weighted by Gasteiger charge is -2.29. The quantitative estimate of drug-likeness (QED) is 0.116. The van der Waals surface area contributed by atoms with Crippen LogP contribution in [-0.4, -0.2) is 67.2 Å². The number of alkyl halides is 7. The van der Waals surface area contributed by atoms with Crippen molar-refractivity contribution in [1.82, 2.24) is 21.3 Å². The van der Waals surface area contributed by atoms with E-state index in [4.69, 9.17) is 16.3 Å². The van der Waals surface area contributed by atoms with E-state index in [0.717, 1.165) is 49.5 Å². The fourth-order valence-corrected chi connectivity index (χ4v) is 5.07. The summed E-state index contributed by atoms with van der Waals surface area (Å²) < 4.78 is 117. The molecule has 54 heavy (non-hydrogen) atoms. The molecule has 10 nitrogen and oxygen atoms in total. The van der Waals surface area contributed by atoms with Gasteiger partial charge in [-0.2, -0.15) is 30.7 Å². The van der Waals surface area contributed by atoms with Crippen LogP contribution in [0, 0.1) is 11.7 Å². The molecule has 0 bridgehead atoms. The van der Waals surface area contributed by atoms with Gasteiger partial charge in [0.15, 0.2) is 0 Å². The Bertz CT molecular complexity index is 1840. The summed E-state index contributed by atoms with van der Waals surface area (Å²) >= 11 is 5.81. The second kappa shape index (κ2) is 17.7. The number of ketones is 1. The number of amides is 4. The SMILES string of the molecule is COc1ccc(C(NC(=O)C(Cc2cccc(F)c2)NC(=O)C(F)(F)c2cccc(Cl)c2)C(=O)NC(C(=O)C(F)(F)C(=O)NCC(F)(F)F)C(C)C)cc1. The minimum absolute atomic E-state index is 0.0310. The van der Waals surface area contributed by atoms with Crippen molar-refractivity contribution in [2.45, 2.75) is 56.4 Å². The largest absolute Gasteiger partial charge is 0.497 e. The van der Waals surface area contributed by atoms with E-state index in [1.807, 2.05) is 10.6 Å². The normalized spacial score (nSPS) is 13.6. The molecule has 292 valence electrons. The molecule has 3 aromatic carbocycles. The van der Waals surface area contributed by atoms with Gasteiger partial charge < -0.3 is 26.0 Å². The maximum absolute atomic E-state index is 15.3. The minimum Gasteiger partial charge on any atom is -0.497 e.